The standard InChI is InChI=1S/C21H26F6N2O/c1-19(2,3)13-9-12-6-8-29(18(30)17(20(22,23)24)21(25,26)27)11-15(12)14(10-13)16-5-4-7-28-16/h9-10,16-17,28H,4-8,11H2,1-3H3/t16-/m0/s1. The number of benzene rings is 1. The monoisotopic (exact) mass is 436 g/mol. The van der Waals surface area contributed by atoms with Crippen molar-refractivity contribution in [3.63, 3.8) is 0 Å². The van der Waals surface area contributed by atoms with Gasteiger partial charge in [0.1, 0.15) is 0 Å². The van der Waals surface area contributed by atoms with E-state index in [1.54, 1.807) is 0 Å². The normalized spacial score (nSPS) is 20.6. The van der Waals surface area contributed by atoms with Crippen LogP contribution in [0.2, 0.25) is 0 Å². The second kappa shape index (κ2) is 7.73. The number of carbonyl (C=O) groups is 1. The Bertz CT molecular complexity index is 789. The predicted octanol–water partition coefficient (Wildman–Crippen LogP) is 5.03. The van der Waals surface area contributed by atoms with Crippen LogP contribution in [0.15, 0.2) is 12.1 Å². The van der Waals surface area contributed by atoms with Crippen LogP contribution < -0.4 is 5.32 Å². The van der Waals surface area contributed by atoms with Crippen LogP contribution in [-0.2, 0) is 23.2 Å². The van der Waals surface area contributed by atoms with E-state index in [1.165, 1.54) is 0 Å². The molecule has 2 aliphatic heterocycles. The average molecular weight is 436 g/mol. The van der Waals surface area contributed by atoms with Gasteiger partial charge < -0.3 is 10.2 Å². The third-order valence-corrected chi connectivity index (χ3v) is 5.89. The minimum absolute atomic E-state index is 0.0165. The molecule has 2 heterocycles. The number of halogens is 6. The number of hydrogen-bond donors (Lipinski definition) is 1. The van der Waals surface area contributed by atoms with Gasteiger partial charge in [-0.15, -0.1) is 0 Å². The Morgan fingerprint density at radius 1 is 1.10 bits per heavy atom. The number of carbonyl (C=O) groups excluding carboxylic acids is 1. The fourth-order valence-corrected chi connectivity index (χ4v) is 4.23. The summed E-state index contributed by atoms with van der Waals surface area (Å²) >= 11 is 0. The van der Waals surface area contributed by atoms with E-state index in [9.17, 15) is 31.1 Å². The summed E-state index contributed by atoms with van der Waals surface area (Å²) in [6.45, 7) is 6.55. The molecule has 1 atom stereocenters. The lowest BCUT2D eigenvalue weighted by Crippen LogP contribution is -2.50. The van der Waals surface area contributed by atoms with Gasteiger partial charge in [-0.1, -0.05) is 32.9 Å². The van der Waals surface area contributed by atoms with Gasteiger partial charge in [0.15, 0.2) is 0 Å². The highest BCUT2D eigenvalue weighted by Crippen LogP contribution is 2.42. The second-order valence-electron chi connectivity index (χ2n) is 9.13. The lowest BCUT2D eigenvalue weighted by Gasteiger charge is -2.36. The molecule has 30 heavy (non-hydrogen) atoms. The lowest BCUT2D eigenvalue weighted by molar-refractivity contribution is -0.277. The summed E-state index contributed by atoms with van der Waals surface area (Å²) in [7, 11) is 0. The molecule has 1 saturated heterocycles. The van der Waals surface area contributed by atoms with Crippen molar-refractivity contribution in [1.82, 2.24) is 10.2 Å². The quantitative estimate of drug-likeness (QED) is 0.660. The molecule has 1 fully saturated rings. The van der Waals surface area contributed by atoms with Crippen molar-refractivity contribution in [1.29, 1.82) is 0 Å². The molecule has 0 saturated carbocycles. The summed E-state index contributed by atoms with van der Waals surface area (Å²) < 4.78 is 78.3. The van der Waals surface area contributed by atoms with Crippen molar-refractivity contribution in [2.75, 3.05) is 13.1 Å². The number of rotatable bonds is 2. The summed E-state index contributed by atoms with van der Waals surface area (Å²) in [5.74, 6) is -5.92. The van der Waals surface area contributed by atoms with E-state index in [2.05, 4.69) is 26.1 Å². The Hall–Kier alpha value is -1.77. The summed E-state index contributed by atoms with van der Waals surface area (Å²) in [5, 5.41) is 3.35. The molecule has 0 aliphatic carbocycles. The molecular formula is C21H26F6N2O. The summed E-state index contributed by atoms with van der Waals surface area (Å²) in [6.07, 6.45) is -9.36. The van der Waals surface area contributed by atoms with E-state index >= 15 is 0 Å². The molecule has 1 aromatic carbocycles. The van der Waals surface area contributed by atoms with Gasteiger partial charge in [-0.05, 0) is 53.5 Å². The van der Waals surface area contributed by atoms with Crippen LogP contribution in [0.5, 0.6) is 0 Å². The highest BCUT2D eigenvalue weighted by molar-refractivity contribution is 5.81. The van der Waals surface area contributed by atoms with Crippen LogP contribution in [0, 0.1) is 5.92 Å². The van der Waals surface area contributed by atoms with Crippen LogP contribution in [-0.4, -0.2) is 36.2 Å². The van der Waals surface area contributed by atoms with Crippen LogP contribution >= 0.6 is 0 Å². The zero-order chi connectivity index (χ0) is 22.5. The zero-order valence-corrected chi connectivity index (χ0v) is 17.2. The third-order valence-electron chi connectivity index (χ3n) is 5.89. The summed E-state index contributed by atoms with van der Waals surface area (Å²) in [5.41, 5.74) is 3.35. The number of amides is 1. The predicted molar refractivity (Wildman–Crippen MR) is 99.8 cm³/mol. The van der Waals surface area contributed by atoms with E-state index in [0.29, 0.717) is 10.5 Å². The van der Waals surface area contributed by atoms with Crippen molar-refractivity contribution in [3.8, 4) is 0 Å². The Morgan fingerprint density at radius 3 is 2.23 bits per heavy atom. The maximum Gasteiger partial charge on any atom is 0.409 e. The molecular weight excluding hydrogens is 410 g/mol. The van der Waals surface area contributed by atoms with E-state index in [1.807, 2.05) is 12.1 Å². The molecule has 1 N–H and O–H groups in total. The van der Waals surface area contributed by atoms with Crippen molar-refractivity contribution < 1.29 is 31.1 Å². The zero-order valence-electron chi connectivity index (χ0n) is 17.2. The summed E-state index contributed by atoms with van der Waals surface area (Å²) in [6, 6.07) is 3.94. The minimum atomic E-state index is -5.68. The van der Waals surface area contributed by atoms with Gasteiger partial charge >= 0.3 is 12.4 Å². The first-order chi connectivity index (χ1) is 13.7. The Labute approximate surface area is 171 Å². The average Bonchev–Trinajstić information content (AvgIpc) is 3.11. The van der Waals surface area contributed by atoms with Crippen LogP contribution in [0.4, 0.5) is 26.3 Å². The highest BCUT2D eigenvalue weighted by Gasteiger charge is 2.62. The molecule has 1 aromatic rings. The van der Waals surface area contributed by atoms with E-state index in [-0.39, 0.29) is 31.0 Å². The van der Waals surface area contributed by atoms with E-state index < -0.39 is 24.2 Å². The first-order valence-electron chi connectivity index (χ1n) is 10.0. The van der Waals surface area contributed by atoms with Crippen LogP contribution in [0.1, 0.15) is 61.9 Å². The highest BCUT2D eigenvalue weighted by atomic mass is 19.4. The third kappa shape index (κ3) is 4.60. The Balaban J connectivity index is 1.99. The molecule has 0 bridgehead atoms. The van der Waals surface area contributed by atoms with Gasteiger partial charge in [0.05, 0.1) is 0 Å². The van der Waals surface area contributed by atoms with E-state index in [0.717, 1.165) is 36.1 Å². The number of nitrogens with one attached hydrogen (secondary N) is 1. The Morgan fingerprint density at radius 2 is 1.73 bits per heavy atom. The molecule has 9 heteroatoms. The van der Waals surface area contributed by atoms with Gasteiger partial charge in [0.2, 0.25) is 11.8 Å². The molecule has 0 radical (unpaired) electrons. The molecule has 3 nitrogen and oxygen atoms in total. The topological polar surface area (TPSA) is 32.3 Å². The van der Waals surface area contributed by atoms with Crippen LogP contribution in [0.3, 0.4) is 0 Å². The number of fused-ring (bicyclic) bond motifs is 1. The van der Waals surface area contributed by atoms with Crippen molar-refractivity contribution in [2.24, 2.45) is 5.92 Å². The van der Waals surface area contributed by atoms with Gasteiger partial charge in [-0.3, -0.25) is 4.79 Å². The smallest absolute Gasteiger partial charge is 0.337 e. The number of nitrogens with zero attached hydrogens (tertiary/aromatic N) is 1. The van der Waals surface area contributed by atoms with Crippen molar-refractivity contribution in [3.05, 3.63) is 34.4 Å². The fraction of sp³-hybridized carbons (Fsp3) is 0.667. The lowest BCUT2D eigenvalue weighted by atomic mass is 9.80. The maximum atomic E-state index is 13.0. The largest absolute Gasteiger partial charge is 0.409 e. The van der Waals surface area contributed by atoms with Gasteiger partial charge in [-0.2, -0.15) is 26.3 Å². The molecule has 168 valence electrons. The van der Waals surface area contributed by atoms with E-state index in [4.69, 9.17) is 0 Å². The van der Waals surface area contributed by atoms with Gasteiger partial charge in [0.25, 0.3) is 0 Å². The molecule has 0 aromatic heterocycles. The van der Waals surface area contributed by atoms with Crippen molar-refractivity contribution in [2.45, 2.75) is 70.4 Å². The second-order valence-corrected chi connectivity index (χ2v) is 9.13. The number of alkyl halides is 6. The number of hydrogen-bond acceptors (Lipinski definition) is 2. The molecule has 1 amide bonds. The first-order valence-corrected chi connectivity index (χ1v) is 10.0. The van der Waals surface area contributed by atoms with Gasteiger partial charge in [0, 0.05) is 19.1 Å². The molecule has 3 rings (SSSR count). The molecule has 0 unspecified atom stereocenters. The Kier molecular flexibility index (Phi) is 5.90. The first kappa shape index (κ1) is 22.9. The molecule has 0 spiro atoms. The maximum absolute atomic E-state index is 13.0. The SMILES string of the molecule is CC(C)(C)c1cc2c(c([C@@H]3CCCN3)c1)CN(C(=O)C(C(F)(F)F)C(F)(F)F)CC2. The van der Waals surface area contributed by atoms with Crippen LogP contribution in [0.25, 0.3) is 0 Å². The molecule has 2 aliphatic rings. The van der Waals surface area contributed by atoms with Gasteiger partial charge in [-0.25, -0.2) is 0 Å². The van der Waals surface area contributed by atoms with Crippen molar-refractivity contribution >= 4 is 5.91 Å². The summed E-state index contributed by atoms with van der Waals surface area (Å²) in [4.78, 5) is 13.0. The minimum Gasteiger partial charge on any atom is -0.337 e. The fourth-order valence-electron chi connectivity index (χ4n) is 4.23.